The molecule has 0 saturated carbocycles. The second-order valence-corrected chi connectivity index (χ2v) is 4.43. The highest BCUT2D eigenvalue weighted by Gasteiger charge is 2.06. The van der Waals surface area contributed by atoms with E-state index in [-0.39, 0.29) is 0 Å². The summed E-state index contributed by atoms with van der Waals surface area (Å²) in [6.07, 6.45) is 0.783. The predicted molar refractivity (Wildman–Crippen MR) is 67.0 cm³/mol. The van der Waals surface area contributed by atoms with Crippen molar-refractivity contribution in [1.82, 2.24) is 0 Å². The summed E-state index contributed by atoms with van der Waals surface area (Å²) in [7, 11) is 1.56. The summed E-state index contributed by atoms with van der Waals surface area (Å²) in [4.78, 5) is 11.8. The van der Waals surface area contributed by atoms with Gasteiger partial charge in [0.15, 0.2) is 11.5 Å². The van der Waals surface area contributed by atoms with Gasteiger partial charge in [0.1, 0.15) is 12.9 Å². The van der Waals surface area contributed by atoms with Gasteiger partial charge in [-0.15, -0.1) is 11.3 Å². The van der Waals surface area contributed by atoms with Gasteiger partial charge in [-0.3, -0.25) is 4.79 Å². The molecule has 1 aromatic carbocycles. The lowest BCUT2D eigenvalue weighted by Gasteiger charge is -2.10. The molecular weight excluding hydrogens is 236 g/mol. The lowest BCUT2D eigenvalue weighted by atomic mass is 10.2. The zero-order valence-electron chi connectivity index (χ0n) is 9.38. The number of methoxy groups -OCH3 is 1. The summed E-state index contributed by atoms with van der Waals surface area (Å²) in [5, 5.41) is 2.01. The first-order valence-corrected chi connectivity index (χ1v) is 6.00. The highest BCUT2D eigenvalue weighted by atomic mass is 32.1. The predicted octanol–water partition coefficient (Wildman–Crippen LogP) is 3.15. The van der Waals surface area contributed by atoms with Gasteiger partial charge in [0.05, 0.1) is 7.11 Å². The molecule has 0 spiro atoms. The molecule has 2 aromatic rings. The van der Waals surface area contributed by atoms with E-state index in [9.17, 15) is 4.79 Å². The Morgan fingerprint density at radius 1 is 1.29 bits per heavy atom. The Bertz CT molecular complexity index is 491. The number of carbonyl (C=O) groups is 1. The molecule has 0 N–H and O–H groups in total. The fourth-order valence-corrected chi connectivity index (χ4v) is 2.04. The molecule has 17 heavy (non-hydrogen) atoms. The Kier molecular flexibility index (Phi) is 3.77. The number of hydrogen-bond donors (Lipinski definition) is 0. The Hall–Kier alpha value is -1.81. The van der Waals surface area contributed by atoms with Gasteiger partial charge in [-0.05, 0) is 29.6 Å². The average Bonchev–Trinajstić information content (AvgIpc) is 2.89. The van der Waals surface area contributed by atoms with Crippen LogP contribution < -0.4 is 9.47 Å². The molecule has 3 nitrogen and oxygen atoms in total. The summed E-state index contributed by atoms with van der Waals surface area (Å²) in [6.45, 7) is 0.508. The van der Waals surface area contributed by atoms with Gasteiger partial charge in [0.2, 0.25) is 0 Å². The maximum absolute atomic E-state index is 10.6. The van der Waals surface area contributed by atoms with Crippen molar-refractivity contribution < 1.29 is 14.3 Å². The minimum Gasteiger partial charge on any atom is -0.493 e. The largest absolute Gasteiger partial charge is 0.493 e. The number of hydrogen-bond acceptors (Lipinski definition) is 4. The Morgan fingerprint density at radius 3 is 2.82 bits per heavy atom. The monoisotopic (exact) mass is 248 g/mol. The van der Waals surface area contributed by atoms with Crippen LogP contribution in [0.3, 0.4) is 0 Å². The molecule has 0 saturated heterocycles. The Morgan fingerprint density at radius 2 is 2.18 bits per heavy atom. The average molecular weight is 248 g/mol. The third-order valence-corrected chi connectivity index (χ3v) is 3.12. The lowest BCUT2D eigenvalue weighted by molar-refractivity contribution is 0.112. The first kappa shape index (κ1) is 11.7. The minimum atomic E-state index is 0.508. The number of ether oxygens (including phenoxy) is 2. The van der Waals surface area contributed by atoms with Crippen LogP contribution in [0.5, 0.6) is 11.5 Å². The molecule has 88 valence electrons. The van der Waals surface area contributed by atoms with Crippen LogP contribution in [0.4, 0.5) is 0 Å². The topological polar surface area (TPSA) is 35.5 Å². The number of aldehydes is 1. The molecule has 2 rings (SSSR count). The van der Waals surface area contributed by atoms with E-state index in [1.807, 2.05) is 17.5 Å². The Labute approximate surface area is 104 Å². The summed E-state index contributed by atoms with van der Waals surface area (Å²) < 4.78 is 10.8. The molecular formula is C13H12O3S. The van der Waals surface area contributed by atoms with Gasteiger partial charge in [-0.2, -0.15) is 0 Å². The number of carbonyl (C=O) groups excluding carboxylic acids is 1. The van der Waals surface area contributed by atoms with Crippen LogP contribution in [0.25, 0.3) is 0 Å². The Balaban J connectivity index is 2.12. The summed E-state index contributed by atoms with van der Waals surface area (Å²) >= 11 is 1.64. The molecule has 0 aliphatic rings. The molecule has 0 atom stereocenters. The van der Waals surface area contributed by atoms with Crippen LogP contribution in [0.15, 0.2) is 35.7 Å². The van der Waals surface area contributed by atoms with Gasteiger partial charge < -0.3 is 9.47 Å². The molecule has 4 heteroatoms. The third-order valence-electron chi connectivity index (χ3n) is 2.27. The quantitative estimate of drug-likeness (QED) is 0.762. The molecule has 0 unspecified atom stereocenters. The summed E-state index contributed by atoms with van der Waals surface area (Å²) in [6, 6.07) is 9.11. The molecule has 1 heterocycles. The van der Waals surface area contributed by atoms with E-state index in [1.165, 1.54) is 0 Å². The standard InChI is InChI=1S/C13H12O3S/c1-15-13-7-10(8-14)4-5-12(13)16-9-11-3-2-6-17-11/h2-8H,9H2,1H3. The molecule has 0 radical (unpaired) electrons. The normalized spacial score (nSPS) is 9.94. The van der Waals surface area contributed by atoms with Crippen molar-refractivity contribution in [3.05, 3.63) is 46.2 Å². The summed E-state index contributed by atoms with van der Waals surface area (Å²) in [5.74, 6) is 1.22. The minimum absolute atomic E-state index is 0.508. The third kappa shape index (κ3) is 2.85. The van der Waals surface area contributed by atoms with Gasteiger partial charge in [0.25, 0.3) is 0 Å². The van der Waals surface area contributed by atoms with Gasteiger partial charge >= 0.3 is 0 Å². The zero-order valence-corrected chi connectivity index (χ0v) is 10.2. The highest BCUT2D eigenvalue weighted by molar-refractivity contribution is 7.09. The van der Waals surface area contributed by atoms with Crippen molar-refractivity contribution in [2.45, 2.75) is 6.61 Å². The van der Waals surface area contributed by atoms with E-state index >= 15 is 0 Å². The smallest absolute Gasteiger partial charge is 0.161 e. The highest BCUT2D eigenvalue weighted by Crippen LogP contribution is 2.28. The van der Waals surface area contributed by atoms with E-state index in [1.54, 1.807) is 36.6 Å². The molecule has 0 aliphatic heterocycles. The zero-order chi connectivity index (χ0) is 12.1. The molecule has 0 amide bonds. The van der Waals surface area contributed by atoms with Crippen molar-refractivity contribution >= 4 is 17.6 Å². The lowest BCUT2D eigenvalue weighted by Crippen LogP contribution is -1.96. The number of benzene rings is 1. The van der Waals surface area contributed by atoms with E-state index in [0.29, 0.717) is 23.7 Å². The van der Waals surface area contributed by atoms with Gasteiger partial charge in [0, 0.05) is 10.4 Å². The van der Waals surface area contributed by atoms with Crippen molar-refractivity contribution in [1.29, 1.82) is 0 Å². The maximum Gasteiger partial charge on any atom is 0.161 e. The van der Waals surface area contributed by atoms with Crippen LogP contribution in [0.2, 0.25) is 0 Å². The first-order chi connectivity index (χ1) is 8.33. The van der Waals surface area contributed by atoms with Gasteiger partial charge in [-0.1, -0.05) is 6.07 Å². The molecule has 1 aromatic heterocycles. The number of rotatable bonds is 5. The maximum atomic E-state index is 10.6. The van der Waals surface area contributed by atoms with Crippen LogP contribution in [-0.4, -0.2) is 13.4 Å². The van der Waals surface area contributed by atoms with Crippen LogP contribution in [-0.2, 0) is 6.61 Å². The van der Waals surface area contributed by atoms with E-state index in [2.05, 4.69) is 0 Å². The van der Waals surface area contributed by atoms with Crippen molar-refractivity contribution in [2.24, 2.45) is 0 Å². The van der Waals surface area contributed by atoms with E-state index < -0.39 is 0 Å². The number of thiophene rings is 1. The van der Waals surface area contributed by atoms with Gasteiger partial charge in [-0.25, -0.2) is 0 Å². The van der Waals surface area contributed by atoms with Crippen LogP contribution >= 0.6 is 11.3 Å². The fraction of sp³-hybridized carbons (Fsp3) is 0.154. The van der Waals surface area contributed by atoms with E-state index in [0.717, 1.165) is 11.2 Å². The first-order valence-electron chi connectivity index (χ1n) is 5.12. The second-order valence-electron chi connectivity index (χ2n) is 3.40. The molecule has 0 fully saturated rings. The van der Waals surface area contributed by atoms with Crippen molar-refractivity contribution in [3.63, 3.8) is 0 Å². The second kappa shape index (κ2) is 5.50. The fourth-order valence-electron chi connectivity index (χ4n) is 1.42. The van der Waals surface area contributed by atoms with Crippen molar-refractivity contribution in [2.75, 3.05) is 7.11 Å². The SMILES string of the molecule is COc1cc(C=O)ccc1OCc1cccs1. The van der Waals surface area contributed by atoms with Crippen molar-refractivity contribution in [3.8, 4) is 11.5 Å². The molecule has 0 aliphatic carbocycles. The van der Waals surface area contributed by atoms with Crippen LogP contribution in [0.1, 0.15) is 15.2 Å². The van der Waals surface area contributed by atoms with Crippen LogP contribution in [0, 0.1) is 0 Å². The van der Waals surface area contributed by atoms with E-state index in [4.69, 9.17) is 9.47 Å². The summed E-state index contributed by atoms with van der Waals surface area (Å²) in [5.41, 5.74) is 0.574. The molecule has 0 bridgehead atoms.